The molecule has 1 spiro atoms. The number of nitrogens with one attached hydrogen (secondary N) is 1. The van der Waals surface area contributed by atoms with Gasteiger partial charge in [-0.25, -0.2) is 0 Å². The number of piperidine rings is 1. The second-order valence-corrected chi connectivity index (χ2v) is 7.24. The fourth-order valence-electron chi connectivity index (χ4n) is 4.35. The summed E-state index contributed by atoms with van der Waals surface area (Å²) in [5.41, 5.74) is 0.291. The number of ether oxygens (including phenoxy) is 1. The Labute approximate surface area is 124 Å². The fraction of sp³-hybridized carbons (Fsp3) is 1.00. The minimum atomic E-state index is 0.291. The van der Waals surface area contributed by atoms with E-state index in [1.807, 2.05) is 0 Å². The lowest BCUT2D eigenvalue weighted by molar-refractivity contribution is -0.149. The van der Waals surface area contributed by atoms with E-state index < -0.39 is 0 Å². The Morgan fingerprint density at radius 1 is 1.25 bits per heavy atom. The van der Waals surface area contributed by atoms with Crippen LogP contribution >= 0.6 is 0 Å². The predicted octanol–water partition coefficient (Wildman–Crippen LogP) is 2.80. The molecule has 0 radical (unpaired) electrons. The van der Waals surface area contributed by atoms with Gasteiger partial charge in [-0.3, -0.25) is 4.90 Å². The van der Waals surface area contributed by atoms with Gasteiger partial charge in [-0.15, -0.1) is 0 Å². The summed E-state index contributed by atoms with van der Waals surface area (Å²) in [4.78, 5) is 2.81. The average Bonchev–Trinajstić information content (AvgIpc) is 2.46. The molecule has 1 saturated carbocycles. The lowest BCUT2D eigenvalue weighted by Gasteiger charge is -2.50. The maximum absolute atomic E-state index is 6.11. The van der Waals surface area contributed by atoms with E-state index in [1.165, 1.54) is 77.5 Å². The molecule has 20 heavy (non-hydrogen) atoms. The van der Waals surface area contributed by atoms with E-state index in [-0.39, 0.29) is 0 Å². The maximum atomic E-state index is 6.11. The van der Waals surface area contributed by atoms with Gasteiger partial charge >= 0.3 is 0 Å². The van der Waals surface area contributed by atoms with E-state index in [1.54, 1.807) is 0 Å². The highest BCUT2D eigenvalue weighted by molar-refractivity contribution is 4.97. The molecule has 0 bridgehead atoms. The summed E-state index contributed by atoms with van der Waals surface area (Å²) >= 11 is 0. The first-order valence-corrected chi connectivity index (χ1v) is 8.90. The van der Waals surface area contributed by atoms with Gasteiger partial charge in [0.15, 0.2) is 0 Å². The molecule has 3 rings (SSSR count). The van der Waals surface area contributed by atoms with Crippen LogP contribution in [-0.4, -0.2) is 49.3 Å². The molecule has 116 valence electrons. The molecule has 2 saturated heterocycles. The zero-order valence-corrected chi connectivity index (χ0v) is 13.2. The van der Waals surface area contributed by atoms with E-state index in [4.69, 9.17) is 4.74 Å². The van der Waals surface area contributed by atoms with E-state index in [2.05, 4.69) is 17.1 Å². The summed E-state index contributed by atoms with van der Waals surface area (Å²) in [5, 5.41) is 3.57. The zero-order valence-electron chi connectivity index (χ0n) is 13.2. The van der Waals surface area contributed by atoms with Crippen molar-refractivity contribution >= 4 is 0 Å². The SMILES string of the molecule is CCCN(CC1CCCNC1)C1CCOC2(CCC2)C1. The highest BCUT2D eigenvalue weighted by atomic mass is 16.5. The van der Waals surface area contributed by atoms with Gasteiger partial charge in [0.25, 0.3) is 0 Å². The summed E-state index contributed by atoms with van der Waals surface area (Å²) in [5.74, 6) is 0.871. The molecule has 3 heteroatoms. The van der Waals surface area contributed by atoms with Crippen LogP contribution in [0.2, 0.25) is 0 Å². The van der Waals surface area contributed by atoms with Crippen LogP contribution < -0.4 is 5.32 Å². The fourth-order valence-corrected chi connectivity index (χ4v) is 4.35. The lowest BCUT2D eigenvalue weighted by Crippen LogP contribution is -2.53. The summed E-state index contributed by atoms with van der Waals surface area (Å²) in [6, 6.07) is 0.783. The van der Waals surface area contributed by atoms with E-state index in [9.17, 15) is 0 Å². The quantitative estimate of drug-likeness (QED) is 0.838. The van der Waals surface area contributed by atoms with Crippen molar-refractivity contribution in [3.05, 3.63) is 0 Å². The molecule has 0 aromatic heterocycles. The molecule has 2 unspecified atom stereocenters. The smallest absolute Gasteiger partial charge is 0.0697 e. The topological polar surface area (TPSA) is 24.5 Å². The van der Waals surface area contributed by atoms with E-state index in [0.717, 1.165) is 18.6 Å². The lowest BCUT2D eigenvalue weighted by atomic mass is 9.73. The molecule has 0 aromatic carbocycles. The van der Waals surface area contributed by atoms with Crippen LogP contribution in [0.4, 0.5) is 0 Å². The van der Waals surface area contributed by atoms with Crippen molar-refractivity contribution in [3.63, 3.8) is 0 Å². The summed E-state index contributed by atoms with van der Waals surface area (Å²) in [6.45, 7) is 8.36. The van der Waals surface area contributed by atoms with Gasteiger partial charge in [0.05, 0.1) is 5.60 Å². The molecule has 3 nitrogen and oxygen atoms in total. The Morgan fingerprint density at radius 3 is 2.80 bits per heavy atom. The third kappa shape index (κ3) is 3.37. The third-order valence-corrected chi connectivity index (χ3v) is 5.65. The summed E-state index contributed by atoms with van der Waals surface area (Å²) in [6.07, 6.45) is 10.6. The monoisotopic (exact) mass is 280 g/mol. The standard InChI is InChI=1S/C17H32N2O/c1-2-10-19(14-15-5-3-9-18-13-15)16-6-11-20-17(12-16)7-4-8-17/h15-16,18H,2-14H2,1H3. The van der Waals surface area contributed by atoms with Gasteiger partial charge in [-0.05, 0) is 76.9 Å². The average molecular weight is 280 g/mol. The Kier molecular flexibility index (Phi) is 5.00. The second-order valence-electron chi connectivity index (χ2n) is 7.24. The van der Waals surface area contributed by atoms with Crippen molar-refractivity contribution in [1.82, 2.24) is 10.2 Å². The first-order valence-electron chi connectivity index (χ1n) is 8.90. The Balaban J connectivity index is 1.57. The van der Waals surface area contributed by atoms with Crippen molar-refractivity contribution in [2.45, 2.75) is 69.9 Å². The zero-order chi connectivity index (χ0) is 13.8. The van der Waals surface area contributed by atoms with Gasteiger partial charge in [-0.2, -0.15) is 0 Å². The molecule has 3 aliphatic rings. The van der Waals surface area contributed by atoms with Gasteiger partial charge in [0, 0.05) is 19.2 Å². The molecule has 1 aliphatic carbocycles. The second kappa shape index (κ2) is 6.76. The molecular formula is C17H32N2O. The molecule has 0 aromatic rings. The largest absolute Gasteiger partial charge is 0.375 e. The number of hydrogen-bond donors (Lipinski definition) is 1. The van der Waals surface area contributed by atoms with Crippen molar-refractivity contribution in [2.75, 3.05) is 32.8 Å². The van der Waals surface area contributed by atoms with Crippen LogP contribution in [0.25, 0.3) is 0 Å². The third-order valence-electron chi connectivity index (χ3n) is 5.65. The highest BCUT2D eigenvalue weighted by Crippen LogP contribution is 2.43. The normalized spacial score (nSPS) is 33.3. The van der Waals surface area contributed by atoms with Gasteiger partial charge in [-0.1, -0.05) is 6.92 Å². The molecular weight excluding hydrogens is 248 g/mol. The first kappa shape index (κ1) is 14.8. The van der Waals surface area contributed by atoms with Crippen LogP contribution in [0, 0.1) is 5.92 Å². The molecule has 2 atom stereocenters. The van der Waals surface area contributed by atoms with Crippen molar-refractivity contribution in [3.8, 4) is 0 Å². The van der Waals surface area contributed by atoms with Crippen LogP contribution in [0.1, 0.15) is 58.3 Å². The minimum absolute atomic E-state index is 0.291. The van der Waals surface area contributed by atoms with Crippen molar-refractivity contribution in [2.24, 2.45) is 5.92 Å². The number of hydrogen-bond acceptors (Lipinski definition) is 3. The van der Waals surface area contributed by atoms with E-state index >= 15 is 0 Å². The predicted molar refractivity (Wildman–Crippen MR) is 83.0 cm³/mol. The molecule has 3 fully saturated rings. The Morgan fingerprint density at radius 2 is 2.15 bits per heavy atom. The van der Waals surface area contributed by atoms with Gasteiger partial charge in [0.1, 0.15) is 0 Å². The Bertz CT molecular complexity index is 297. The molecule has 0 amide bonds. The van der Waals surface area contributed by atoms with Crippen molar-refractivity contribution < 1.29 is 4.74 Å². The van der Waals surface area contributed by atoms with E-state index in [0.29, 0.717) is 5.60 Å². The number of nitrogens with zero attached hydrogens (tertiary/aromatic N) is 1. The minimum Gasteiger partial charge on any atom is -0.375 e. The summed E-state index contributed by atoms with van der Waals surface area (Å²) in [7, 11) is 0. The first-order chi connectivity index (χ1) is 9.81. The highest BCUT2D eigenvalue weighted by Gasteiger charge is 2.43. The van der Waals surface area contributed by atoms with Crippen molar-refractivity contribution in [1.29, 1.82) is 0 Å². The molecule has 2 heterocycles. The Hall–Kier alpha value is -0.120. The van der Waals surface area contributed by atoms with Crippen LogP contribution in [0.5, 0.6) is 0 Å². The molecule has 2 aliphatic heterocycles. The number of rotatable bonds is 5. The van der Waals surface area contributed by atoms with Crippen LogP contribution in [0.15, 0.2) is 0 Å². The summed E-state index contributed by atoms with van der Waals surface area (Å²) < 4.78 is 6.11. The van der Waals surface area contributed by atoms with Gasteiger partial charge < -0.3 is 10.1 Å². The maximum Gasteiger partial charge on any atom is 0.0697 e. The van der Waals surface area contributed by atoms with Crippen LogP contribution in [0.3, 0.4) is 0 Å². The van der Waals surface area contributed by atoms with Crippen LogP contribution in [-0.2, 0) is 4.74 Å². The van der Waals surface area contributed by atoms with Gasteiger partial charge in [0.2, 0.25) is 0 Å². The molecule has 1 N–H and O–H groups in total.